The molecule has 0 amide bonds. The Hall–Kier alpha value is -1.60. The number of rotatable bonds is 3. The summed E-state index contributed by atoms with van der Waals surface area (Å²) in [5.74, 6) is -2.02. The van der Waals surface area contributed by atoms with E-state index in [1.807, 2.05) is 0 Å². The number of nitrogens with zero attached hydrogens (tertiary/aromatic N) is 1. The molecule has 0 atom stereocenters. The van der Waals surface area contributed by atoms with Gasteiger partial charge in [0.2, 0.25) is 0 Å². The van der Waals surface area contributed by atoms with Crippen molar-refractivity contribution in [2.75, 3.05) is 5.73 Å². The SMILES string of the molecule is Nc1c(F)ccc(Sc2ncccc2Br)c1C(=O)O. The van der Waals surface area contributed by atoms with Crippen LogP contribution in [0.3, 0.4) is 0 Å². The van der Waals surface area contributed by atoms with Crippen LogP contribution in [0.5, 0.6) is 0 Å². The third-order valence-corrected chi connectivity index (χ3v) is 4.28. The number of carboxylic acids is 1. The van der Waals surface area contributed by atoms with Gasteiger partial charge in [0.05, 0.1) is 15.7 Å². The number of nitrogen functional groups attached to an aromatic ring is 1. The van der Waals surface area contributed by atoms with Crippen LogP contribution in [-0.2, 0) is 0 Å². The highest BCUT2D eigenvalue weighted by molar-refractivity contribution is 9.10. The molecule has 0 aliphatic heterocycles. The fraction of sp³-hybridized carbons (Fsp3) is 0. The van der Waals surface area contributed by atoms with Crippen LogP contribution in [-0.4, -0.2) is 16.1 Å². The van der Waals surface area contributed by atoms with E-state index in [0.29, 0.717) is 9.92 Å². The molecule has 0 saturated heterocycles. The van der Waals surface area contributed by atoms with Crippen molar-refractivity contribution in [3.63, 3.8) is 0 Å². The number of nitrogens with two attached hydrogens (primary N) is 1. The van der Waals surface area contributed by atoms with Crippen molar-refractivity contribution in [3.05, 3.63) is 46.3 Å². The first-order valence-corrected chi connectivity index (χ1v) is 6.71. The smallest absolute Gasteiger partial charge is 0.339 e. The molecule has 1 aromatic carbocycles. The van der Waals surface area contributed by atoms with Gasteiger partial charge in [-0.15, -0.1) is 0 Å². The lowest BCUT2D eigenvalue weighted by Gasteiger charge is -2.09. The molecular formula is C12H8BrFN2O2S. The number of hydrogen-bond acceptors (Lipinski definition) is 4. The molecule has 0 aliphatic rings. The Balaban J connectivity index is 2.49. The van der Waals surface area contributed by atoms with E-state index in [0.717, 1.165) is 22.3 Å². The Morgan fingerprint density at radius 2 is 2.16 bits per heavy atom. The highest BCUT2D eigenvalue weighted by Crippen LogP contribution is 2.36. The molecule has 98 valence electrons. The lowest BCUT2D eigenvalue weighted by atomic mass is 10.2. The molecule has 0 unspecified atom stereocenters. The van der Waals surface area contributed by atoms with E-state index in [-0.39, 0.29) is 11.3 Å². The number of anilines is 1. The number of benzene rings is 1. The van der Waals surface area contributed by atoms with Crippen molar-refractivity contribution in [2.45, 2.75) is 9.92 Å². The zero-order valence-electron chi connectivity index (χ0n) is 9.43. The minimum absolute atomic E-state index is 0.248. The molecule has 0 saturated carbocycles. The minimum Gasteiger partial charge on any atom is -0.478 e. The predicted molar refractivity (Wildman–Crippen MR) is 73.8 cm³/mol. The fourth-order valence-corrected chi connectivity index (χ4v) is 2.85. The molecule has 19 heavy (non-hydrogen) atoms. The molecule has 0 bridgehead atoms. The average Bonchev–Trinajstić information content (AvgIpc) is 2.36. The topological polar surface area (TPSA) is 76.2 Å². The van der Waals surface area contributed by atoms with Gasteiger partial charge in [-0.25, -0.2) is 14.2 Å². The van der Waals surface area contributed by atoms with Gasteiger partial charge in [0.15, 0.2) is 0 Å². The van der Waals surface area contributed by atoms with E-state index in [1.165, 1.54) is 6.07 Å². The molecule has 4 nitrogen and oxygen atoms in total. The highest BCUT2D eigenvalue weighted by Gasteiger charge is 2.19. The van der Waals surface area contributed by atoms with Crippen LogP contribution < -0.4 is 5.73 Å². The third kappa shape index (κ3) is 2.87. The standard InChI is InChI=1S/C12H8BrFN2O2S/c13-6-2-1-5-16-11(6)19-8-4-3-7(14)10(15)9(8)12(17)18/h1-5H,15H2,(H,17,18). The largest absolute Gasteiger partial charge is 0.478 e. The van der Waals surface area contributed by atoms with Crippen LogP contribution in [0.4, 0.5) is 10.1 Å². The minimum atomic E-state index is -1.27. The summed E-state index contributed by atoms with van der Waals surface area (Å²) in [7, 11) is 0. The molecule has 3 N–H and O–H groups in total. The summed E-state index contributed by atoms with van der Waals surface area (Å²) < 4.78 is 14.0. The number of hydrogen-bond donors (Lipinski definition) is 2. The number of aromatic carboxylic acids is 1. The Morgan fingerprint density at radius 1 is 1.42 bits per heavy atom. The van der Waals surface area contributed by atoms with Gasteiger partial charge in [0.1, 0.15) is 10.8 Å². The van der Waals surface area contributed by atoms with Gasteiger partial charge in [-0.3, -0.25) is 0 Å². The first-order chi connectivity index (χ1) is 9.00. The summed E-state index contributed by atoms with van der Waals surface area (Å²) in [4.78, 5) is 15.6. The van der Waals surface area contributed by atoms with Crippen molar-refractivity contribution >= 4 is 39.3 Å². The van der Waals surface area contributed by atoms with Crippen LogP contribution >= 0.6 is 27.7 Å². The molecule has 0 aliphatic carbocycles. The zero-order chi connectivity index (χ0) is 14.0. The van der Waals surface area contributed by atoms with Gasteiger partial charge in [-0.2, -0.15) is 0 Å². The molecule has 1 aromatic heterocycles. The predicted octanol–water partition coefficient (Wildman–Crippen LogP) is 3.41. The summed E-state index contributed by atoms with van der Waals surface area (Å²) in [6.07, 6.45) is 1.58. The normalized spacial score (nSPS) is 10.4. The molecule has 0 spiro atoms. The number of aromatic nitrogens is 1. The van der Waals surface area contributed by atoms with Crippen LogP contribution in [0.15, 0.2) is 44.9 Å². The number of halogens is 2. The molecule has 2 rings (SSSR count). The van der Waals surface area contributed by atoms with Crippen molar-refractivity contribution in [1.82, 2.24) is 4.98 Å². The van der Waals surface area contributed by atoms with E-state index >= 15 is 0 Å². The quantitative estimate of drug-likeness (QED) is 0.836. The average molecular weight is 343 g/mol. The van der Waals surface area contributed by atoms with E-state index in [1.54, 1.807) is 18.3 Å². The summed E-state index contributed by atoms with van der Waals surface area (Å²) in [6, 6.07) is 6.04. The van der Waals surface area contributed by atoms with Crippen LogP contribution in [0.1, 0.15) is 10.4 Å². The Labute approximate surface area is 121 Å². The maximum Gasteiger partial charge on any atom is 0.339 e. The molecule has 0 radical (unpaired) electrons. The summed E-state index contributed by atoms with van der Waals surface area (Å²) >= 11 is 4.42. The Bertz CT molecular complexity index is 652. The van der Waals surface area contributed by atoms with Crippen molar-refractivity contribution in [2.24, 2.45) is 0 Å². The van der Waals surface area contributed by atoms with Gasteiger partial charge in [0.25, 0.3) is 0 Å². The second-order valence-electron chi connectivity index (χ2n) is 3.53. The van der Waals surface area contributed by atoms with Crippen LogP contribution in [0, 0.1) is 5.82 Å². The fourth-order valence-electron chi connectivity index (χ4n) is 1.43. The first kappa shape index (κ1) is 13.8. The summed E-state index contributed by atoms with van der Waals surface area (Å²) in [6.45, 7) is 0. The lowest BCUT2D eigenvalue weighted by Crippen LogP contribution is -2.06. The maximum absolute atomic E-state index is 13.3. The van der Waals surface area contributed by atoms with Gasteiger partial charge in [0, 0.05) is 11.1 Å². The summed E-state index contributed by atoms with van der Waals surface area (Å²) in [5, 5.41) is 9.71. The van der Waals surface area contributed by atoms with E-state index in [2.05, 4.69) is 20.9 Å². The Morgan fingerprint density at radius 3 is 2.79 bits per heavy atom. The Kier molecular flexibility index (Phi) is 4.06. The molecule has 2 aromatic rings. The van der Waals surface area contributed by atoms with Gasteiger partial charge in [-0.05, 0) is 40.2 Å². The van der Waals surface area contributed by atoms with E-state index in [9.17, 15) is 9.18 Å². The van der Waals surface area contributed by atoms with Gasteiger partial charge >= 0.3 is 5.97 Å². The first-order valence-electron chi connectivity index (χ1n) is 5.10. The zero-order valence-corrected chi connectivity index (χ0v) is 11.8. The summed E-state index contributed by atoms with van der Waals surface area (Å²) in [5.41, 5.74) is 4.86. The van der Waals surface area contributed by atoms with Crippen LogP contribution in [0.25, 0.3) is 0 Å². The van der Waals surface area contributed by atoms with Crippen LogP contribution in [0.2, 0.25) is 0 Å². The van der Waals surface area contributed by atoms with Crippen molar-refractivity contribution in [1.29, 1.82) is 0 Å². The molecule has 7 heteroatoms. The second-order valence-corrected chi connectivity index (χ2v) is 5.42. The highest BCUT2D eigenvalue weighted by atomic mass is 79.9. The van der Waals surface area contributed by atoms with Crippen molar-refractivity contribution < 1.29 is 14.3 Å². The number of carboxylic acid groups (broad SMARTS) is 1. The lowest BCUT2D eigenvalue weighted by molar-refractivity contribution is 0.0694. The van der Waals surface area contributed by atoms with E-state index in [4.69, 9.17) is 10.8 Å². The molecular weight excluding hydrogens is 335 g/mol. The molecule has 1 heterocycles. The van der Waals surface area contributed by atoms with Gasteiger partial charge < -0.3 is 10.8 Å². The monoisotopic (exact) mass is 342 g/mol. The van der Waals surface area contributed by atoms with Crippen molar-refractivity contribution in [3.8, 4) is 0 Å². The van der Waals surface area contributed by atoms with Gasteiger partial charge in [-0.1, -0.05) is 11.8 Å². The third-order valence-electron chi connectivity index (χ3n) is 2.30. The maximum atomic E-state index is 13.3. The number of carbonyl (C=O) groups is 1. The number of pyridine rings is 1. The molecule has 0 fully saturated rings. The second kappa shape index (κ2) is 5.58. The van der Waals surface area contributed by atoms with E-state index < -0.39 is 11.8 Å².